The van der Waals surface area contributed by atoms with Crippen molar-refractivity contribution < 1.29 is 42.9 Å². The van der Waals surface area contributed by atoms with Crippen molar-refractivity contribution in [3.8, 4) is 0 Å². The topological polar surface area (TPSA) is 108 Å². The first-order valence-corrected chi connectivity index (χ1v) is 33.0. The highest BCUT2D eigenvalue weighted by atomic mass is 16.7. The Bertz CT molecular complexity index is 1300. The number of ether oxygens (including phenoxy) is 4. The predicted molar refractivity (Wildman–Crippen MR) is 323 cm³/mol. The third-order valence-corrected chi connectivity index (χ3v) is 15.0. The molecule has 76 heavy (non-hydrogen) atoms. The molecule has 0 aliphatic heterocycles. The number of allylic oxidation sites excluding steroid dienone is 4. The van der Waals surface area contributed by atoms with Crippen LogP contribution in [0.5, 0.6) is 0 Å². The molecular formula is C67H128NO8+. The van der Waals surface area contributed by atoms with Crippen LogP contribution in [0.25, 0.3) is 0 Å². The molecule has 0 saturated carbocycles. The van der Waals surface area contributed by atoms with E-state index in [2.05, 4.69) is 38.2 Å². The van der Waals surface area contributed by atoms with Gasteiger partial charge in [0, 0.05) is 12.8 Å². The number of likely N-dealkylation sites (N-methyl/N-ethyl adjacent to an activating group) is 1. The van der Waals surface area contributed by atoms with E-state index in [9.17, 15) is 19.5 Å². The van der Waals surface area contributed by atoms with Crippen LogP contribution in [-0.2, 0) is 33.3 Å². The summed E-state index contributed by atoms with van der Waals surface area (Å²) in [7, 11) is 5.98. The number of nitrogens with zero attached hydrogens (tertiary/aromatic N) is 1. The Morgan fingerprint density at radius 1 is 0.395 bits per heavy atom. The van der Waals surface area contributed by atoms with Gasteiger partial charge in [-0.2, -0.15) is 0 Å². The van der Waals surface area contributed by atoms with Gasteiger partial charge in [0.2, 0.25) is 0 Å². The molecule has 2 unspecified atom stereocenters. The highest BCUT2D eigenvalue weighted by Gasteiger charge is 2.25. The Morgan fingerprint density at radius 3 is 1.04 bits per heavy atom. The average Bonchev–Trinajstić information content (AvgIpc) is 3.39. The van der Waals surface area contributed by atoms with Gasteiger partial charge in [-0.15, -0.1) is 0 Å². The van der Waals surface area contributed by atoms with Gasteiger partial charge in [-0.3, -0.25) is 9.59 Å². The first-order valence-electron chi connectivity index (χ1n) is 33.0. The zero-order valence-electron chi connectivity index (χ0n) is 51.2. The molecule has 0 aromatic carbocycles. The van der Waals surface area contributed by atoms with Crippen LogP contribution in [0.1, 0.15) is 328 Å². The monoisotopic (exact) mass is 1070 g/mol. The number of quaternary nitrogens is 1. The van der Waals surface area contributed by atoms with Crippen LogP contribution in [0.2, 0.25) is 0 Å². The fraction of sp³-hybridized carbons (Fsp3) is 0.896. The van der Waals surface area contributed by atoms with Gasteiger partial charge in [0.15, 0.2) is 6.10 Å². The number of aliphatic carboxylic acids is 1. The van der Waals surface area contributed by atoms with E-state index in [-0.39, 0.29) is 38.2 Å². The molecule has 0 rings (SSSR count). The minimum Gasteiger partial charge on any atom is -0.477 e. The zero-order valence-corrected chi connectivity index (χ0v) is 51.2. The molecule has 2 atom stereocenters. The molecule has 0 aliphatic carbocycles. The van der Waals surface area contributed by atoms with Crippen molar-refractivity contribution in [2.45, 2.75) is 341 Å². The Hall–Kier alpha value is -2.23. The maximum Gasteiger partial charge on any atom is 0.361 e. The van der Waals surface area contributed by atoms with Crippen molar-refractivity contribution >= 4 is 17.9 Å². The lowest BCUT2D eigenvalue weighted by molar-refractivity contribution is -0.870. The van der Waals surface area contributed by atoms with Gasteiger partial charge >= 0.3 is 17.9 Å². The summed E-state index contributed by atoms with van der Waals surface area (Å²) in [6, 6.07) is 0. The lowest BCUT2D eigenvalue weighted by atomic mass is 10.0. The zero-order chi connectivity index (χ0) is 55.5. The third kappa shape index (κ3) is 59.4. The minimum absolute atomic E-state index is 0.177. The van der Waals surface area contributed by atoms with E-state index in [0.29, 0.717) is 17.4 Å². The first kappa shape index (κ1) is 73.8. The summed E-state index contributed by atoms with van der Waals surface area (Å²) in [5.41, 5.74) is 0. The van der Waals surface area contributed by atoms with Gasteiger partial charge in [-0.25, -0.2) is 4.79 Å². The summed E-state index contributed by atoms with van der Waals surface area (Å²) in [5.74, 6) is -1.98. The lowest BCUT2D eigenvalue weighted by Gasteiger charge is -2.25. The quantitative estimate of drug-likeness (QED) is 0.0211. The highest BCUT2D eigenvalue weighted by Crippen LogP contribution is 2.18. The van der Waals surface area contributed by atoms with E-state index in [4.69, 9.17) is 18.9 Å². The number of unbranched alkanes of at least 4 members (excludes halogenated alkanes) is 43. The Balaban J connectivity index is 4.11. The predicted octanol–water partition coefficient (Wildman–Crippen LogP) is 19.9. The van der Waals surface area contributed by atoms with E-state index in [1.165, 1.54) is 257 Å². The number of carbonyl (C=O) groups excluding carboxylic acids is 2. The van der Waals surface area contributed by atoms with Crippen LogP contribution in [0.4, 0.5) is 0 Å². The smallest absolute Gasteiger partial charge is 0.361 e. The van der Waals surface area contributed by atoms with Crippen LogP contribution >= 0.6 is 0 Å². The lowest BCUT2D eigenvalue weighted by Crippen LogP contribution is -2.40. The molecule has 9 heteroatoms. The second-order valence-electron chi connectivity index (χ2n) is 23.8. The van der Waals surface area contributed by atoms with E-state index in [1.54, 1.807) is 0 Å². The summed E-state index contributed by atoms with van der Waals surface area (Å²) < 4.78 is 23.0. The summed E-state index contributed by atoms with van der Waals surface area (Å²) in [6.07, 6.45) is 68.5. The highest BCUT2D eigenvalue weighted by molar-refractivity contribution is 5.71. The molecule has 0 aliphatic rings. The second kappa shape index (κ2) is 58.9. The number of carbonyl (C=O) groups is 3. The summed E-state index contributed by atoms with van der Waals surface area (Å²) >= 11 is 0. The number of hydrogen-bond acceptors (Lipinski definition) is 7. The molecule has 448 valence electrons. The van der Waals surface area contributed by atoms with Crippen molar-refractivity contribution in [2.24, 2.45) is 0 Å². The number of esters is 2. The van der Waals surface area contributed by atoms with E-state index < -0.39 is 18.4 Å². The Labute approximate surface area is 471 Å². The van der Waals surface area contributed by atoms with Gasteiger partial charge in [0.05, 0.1) is 34.4 Å². The largest absolute Gasteiger partial charge is 0.477 e. The van der Waals surface area contributed by atoms with Crippen LogP contribution in [0.15, 0.2) is 24.3 Å². The van der Waals surface area contributed by atoms with Gasteiger partial charge in [0.1, 0.15) is 13.2 Å². The molecular weight excluding hydrogens is 947 g/mol. The second-order valence-corrected chi connectivity index (χ2v) is 23.8. The van der Waals surface area contributed by atoms with Crippen LogP contribution in [-0.4, -0.2) is 87.4 Å². The fourth-order valence-electron chi connectivity index (χ4n) is 9.87. The SMILES string of the molecule is CCCCCCC/C=C\C/C=C\CCCCCCCCCCCCCC(=O)OC(COC(=O)CCCCCCCCCCCCCCCCCCCCCCCCCCCCCC)COC(OCC[N+](C)(C)C)C(=O)O. The van der Waals surface area contributed by atoms with Crippen LogP contribution in [0.3, 0.4) is 0 Å². The van der Waals surface area contributed by atoms with Gasteiger partial charge in [-0.1, -0.05) is 295 Å². The Morgan fingerprint density at radius 2 is 0.711 bits per heavy atom. The summed E-state index contributed by atoms with van der Waals surface area (Å²) in [5, 5.41) is 9.73. The maximum atomic E-state index is 12.9. The van der Waals surface area contributed by atoms with Gasteiger partial charge < -0.3 is 28.5 Å². The number of hydrogen-bond donors (Lipinski definition) is 1. The minimum atomic E-state index is -1.51. The standard InChI is InChI=1S/C67H127NO8/c1-6-8-10-12-14-16-18-20-22-24-26-28-30-31-32-33-34-36-37-39-41-43-45-47-49-51-53-55-57-64(69)74-61-63(62-75-67(66(71)72)73-60-59-68(3,4)5)76-65(70)58-56-54-52-50-48-46-44-42-40-38-35-29-27-25-23-21-19-17-15-13-11-9-7-2/h19,21,25,27,63,67H,6-18,20,22-24,26,28-62H2,1-5H3/p+1/b21-19-,27-25-. The fourth-order valence-corrected chi connectivity index (χ4v) is 9.87. The molecule has 0 bridgehead atoms. The molecule has 1 N–H and O–H groups in total. The molecule has 0 spiro atoms. The number of carboxylic acid groups (broad SMARTS) is 1. The molecule has 0 amide bonds. The van der Waals surface area contributed by atoms with E-state index >= 15 is 0 Å². The first-order chi connectivity index (χ1) is 37.1. The normalized spacial score (nSPS) is 12.8. The molecule has 0 radical (unpaired) electrons. The van der Waals surface area contributed by atoms with Crippen molar-refractivity contribution in [3.63, 3.8) is 0 Å². The molecule has 9 nitrogen and oxygen atoms in total. The van der Waals surface area contributed by atoms with Crippen molar-refractivity contribution in [2.75, 3.05) is 47.5 Å². The molecule has 0 aromatic rings. The Kier molecular flexibility index (Phi) is 57.2. The third-order valence-electron chi connectivity index (χ3n) is 15.0. The number of rotatable bonds is 62. The van der Waals surface area contributed by atoms with E-state index in [0.717, 1.165) is 44.9 Å². The van der Waals surface area contributed by atoms with Crippen LogP contribution in [0, 0.1) is 0 Å². The average molecular weight is 1080 g/mol. The molecule has 0 saturated heterocycles. The van der Waals surface area contributed by atoms with Crippen LogP contribution < -0.4 is 0 Å². The molecule has 0 fully saturated rings. The molecule has 0 aromatic heterocycles. The molecule has 0 heterocycles. The van der Waals surface area contributed by atoms with Crippen molar-refractivity contribution in [1.29, 1.82) is 0 Å². The summed E-state index contributed by atoms with van der Waals surface area (Å²) in [6.45, 7) is 4.93. The maximum absolute atomic E-state index is 12.9. The van der Waals surface area contributed by atoms with Crippen molar-refractivity contribution in [3.05, 3.63) is 24.3 Å². The number of carboxylic acids is 1. The van der Waals surface area contributed by atoms with Gasteiger partial charge in [-0.05, 0) is 44.9 Å². The van der Waals surface area contributed by atoms with Gasteiger partial charge in [0.25, 0.3) is 6.29 Å². The van der Waals surface area contributed by atoms with Crippen molar-refractivity contribution in [1.82, 2.24) is 0 Å². The van der Waals surface area contributed by atoms with E-state index in [1.807, 2.05) is 21.1 Å². The summed E-state index contributed by atoms with van der Waals surface area (Å²) in [4.78, 5) is 37.5.